The van der Waals surface area contributed by atoms with Gasteiger partial charge in [-0.1, -0.05) is 11.6 Å². The predicted molar refractivity (Wildman–Crippen MR) is 105 cm³/mol. The van der Waals surface area contributed by atoms with Gasteiger partial charge in [0, 0.05) is 17.6 Å². The zero-order valence-electron chi connectivity index (χ0n) is 15.4. The Morgan fingerprint density at radius 2 is 1.93 bits per heavy atom. The first kappa shape index (κ1) is 21.2. The third-order valence-corrected chi connectivity index (χ3v) is 4.39. The van der Waals surface area contributed by atoms with Crippen molar-refractivity contribution in [3.8, 4) is 0 Å². The van der Waals surface area contributed by atoms with E-state index >= 15 is 0 Å². The molecule has 8 nitrogen and oxygen atoms in total. The highest BCUT2D eigenvalue weighted by Gasteiger charge is 2.30. The SMILES string of the molecule is CC(=N)c1c(NCc2ncn[nH]2)ncc(C(=O)Nc2ccc(C(F)(F)F)cc2)c1Cl. The molecule has 3 rings (SSSR count). The van der Waals surface area contributed by atoms with Crippen molar-refractivity contribution in [1.29, 1.82) is 5.41 Å². The minimum absolute atomic E-state index is 0.0121. The van der Waals surface area contributed by atoms with Crippen molar-refractivity contribution >= 4 is 34.7 Å². The summed E-state index contributed by atoms with van der Waals surface area (Å²) in [6.45, 7) is 1.72. The second kappa shape index (κ2) is 8.49. The Balaban J connectivity index is 1.82. The van der Waals surface area contributed by atoms with E-state index in [0.29, 0.717) is 5.82 Å². The fraction of sp³-hybridized carbons (Fsp3) is 0.167. The number of carbonyl (C=O) groups is 1. The van der Waals surface area contributed by atoms with E-state index < -0.39 is 17.6 Å². The molecule has 2 heterocycles. The molecule has 3 aromatic rings. The number of hydrogen-bond acceptors (Lipinski definition) is 6. The number of nitrogens with one attached hydrogen (secondary N) is 4. The topological polar surface area (TPSA) is 119 Å². The van der Waals surface area contributed by atoms with Crippen LogP contribution in [0.15, 0.2) is 36.8 Å². The van der Waals surface area contributed by atoms with Crippen LogP contribution in [0.4, 0.5) is 24.7 Å². The molecule has 0 fully saturated rings. The van der Waals surface area contributed by atoms with Gasteiger partial charge in [0.05, 0.1) is 28.3 Å². The molecule has 1 aromatic carbocycles. The highest BCUT2D eigenvalue weighted by Crippen LogP contribution is 2.31. The Hall–Kier alpha value is -3.47. The minimum atomic E-state index is -4.47. The molecule has 0 aliphatic rings. The number of aromatic nitrogens is 4. The zero-order valence-corrected chi connectivity index (χ0v) is 16.2. The van der Waals surface area contributed by atoms with E-state index in [2.05, 4.69) is 30.8 Å². The lowest BCUT2D eigenvalue weighted by Crippen LogP contribution is -2.16. The van der Waals surface area contributed by atoms with Gasteiger partial charge >= 0.3 is 6.18 Å². The molecule has 4 N–H and O–H groups in total. The summed E-state index contributed by atoms with van der Waals surface area (Å²) in [7, 11) is 0. The molecule has 0 atom stereocenters. The maximum atomic E-state index is 12.7. The molecular weight excluding hydrogens is 423 g/mol. The summed E-state index contributed by atoms with van der Waals surface area (Å²) in [5.41, 5.74) is -0.412. The van der Waals surface area contributed by atoms with Crippen LogP contribution in [0.1, 0.15) is 34.2 Å². The van der Waals surface area contributed by atoms with E-state index in [-0.39, 0.29) is 39.9 Å². The van der Waals surface area contributed by atoms with E-state index in [9.17, 15) is 18.0 Å². The quantitative estimate of drug-likeness (QED) is 0.432. The van der Waals surface area contributed by atoms with Crippen LogP contribution in [0.3, 0.4) is 0 Å². The fourth-order valence-corrected chi connectivity index (χ4v) is 2.91. The average Bonchev–Trinajstić information content (AvgIpc) is 3.19. The van der Waals surface area contributed by atoms with Gasteiger partial charge in [0.2, 0.25) is 0 Å². The predicted octanol–water partition coefficient (Wildman–Crippen LogP) is 4.12. The van der Waals surface area contributed by atoms with Gasteiger partial charge in [-0.05, 0) is 31.2 Å². The Morgan fingerprint density at radius 1 is 1.23 bits per heavy atom. The van der Waals surface area contributed by atoms with E-state index in [0.717, 1.165) is 24.3 Å². The van der Waals surface area contributed by atoms with Gasteiger partial charge in [-0.15, -0.1) is 0 Å². The summed E-state index contributed by atoms with van der Waals surface area (Å²) < 4.78 is 38.0. The maximum absolute atomic E-state index is 12.7. The number of carbonyl (C=O) groups excluding carboxylic acids is 1. The maximum Gasteiger partial charge on any atom is 0.416 e. The summed E-state index contributed by atoms with van der Waals surface area (Å²) in [6.07, 6.45) is -1.91. The lowest BCUT2D eigenvalue weighted by molar-refractivity contribution is -0.137. The number of rotatable bonds is 6. The second-order valence-electron chi connectivity index (χ2n) is 6.15. The first-order valence-electron chi connectivity index (χ1n) is 8.47. The van der Waals surface area contributed by atoms with Crippen LogP contribution >= 0.6 is 11.6 Å². The second-order valence-corrected chi connectivity index (χ2v) is 6.53. The summed E-state index contributed by atoms with van der Waals surface area (Å²) in [5, 5.41) is 19.8. The molecule has 30 heavy (non-hydrogen) atoms. The molecule has 1 amide bonds. The van der Waals surface area contributed by atoms with E-state index in [4.69, 9.17) is 17.0 Å². The van der Waals surface area contributed by atoms with Crippen LogP contribution in [0, 0.1) is 5.41 Å². The normalized spacial score (nSPS) is 11.2. The number of alkyl halides is 3. The lowest BCUT2D eigenvalue weighted by atomic mass is 10.1. The summed E-state index contributed by atoms with van der Waals surface area (Å²) in [4.78, 5) is 20.7. The number of benzene rings is 1. The largest absolute Gasteiger partial charge is 0.416 e. The first-order valence-corrected chi connectivity index (χ1v) is 8.85. The van der Waals surface area contributed by atoms with E-state index in [1.54, 1.807) is 0 Å². The lowest BCUT2D eigenvalue weighted by Gasteiger charge is -2.14. The highest BCUT2D eigenvalue weighted by atomic mass is 35.5. The smallest absolute Gasteiger partial charge is 0.362 e. The van der Waals surface area contributed by atoms with Crippen molar-refractivity contribution in [2.24, 2.45) is 0 Å². The number of H-pyrrole nitrogens is 1. The van der Waals surface area contributed by atoms with Gasteiger partial charge in [-0.2, -0.15) is 18.3 Å². The van der Waals surface area contributed by atoms with Crippen molar-refractivity contribution in [2.75, 3.05) is 10.6 Å². The molecule has 156 valence electrons. The van der Waals surface area contributed by atoms with Gasteiger partial charge in [0.25, 0.3) is 5.91 Å². The number of hydrogen-bond donors (Lipinski definition) is 4. The molecule has 0 aliphatic heterocycles. The van der Waals surface area contributed by atoms with Crippen LogP contribution in [-0.2, 0) is 12.7 Å². The number of halogens is 4. The third kappa shape index (κ3) is 4.74. The zero-order chi connectivity index (χ0) is 21.9. The van der Waals surface area contributed by atoms with Crippen molar-refractivity contribution in [3.63, 3.8) is 0 Å². The molecular formula is C18H15ClF3N7O. The van der Waals surface area contributed by atoms with E-state index in [1.165, 1.54) is 19.4 Å². The Bertz CT molecular complexity index is 1070. The van der Waals surface area contributed by atoms with Crippen LogP contribution in [0.5, 0.6) is 0 Å². The monoisotopic (exact) mass is 437 g/mol. The van der Waals surface area contributed by atoms with Crippen molar-refractivity contribution < 1.29 is 18.0 Å². The van der Waals surface area contributed by atoms with Gasteiger partial charge in [-0.3, -0.25) is 9.89 Å². The Labute approximate surface area is 173 Å². The molecule has 2 aromatic heterocycles. The van der Waals surface area contributed by atoms with Crippen LogP contribution in [0.25, 0.3) is 0 Å². The molecule has 0 bridgehead atoms. The average molecular weight is 438 g/mol. The summed E-state index contributed by atoms with van der Waals surface area (Å²) in [6, 6.07) is 3.99. The molecule has 12 heteroatoms. The number of aromatic amines is 1. The highest BCUT2D eigenvalue weighted by molar-refractivity contribution is 6.38. The molecule has 0 aliphatic carbocycles. The molecule has 0 spiro atoms. The Kier molecular flexibility index (Phi) is 6.01. The molecule has 0 unspecified atom stereocenters. The van der Waals surface area contributed by atoms with Crippen LogP contribution in [0.2, 0.25) is 5.02 Å². The fourth-order valence-electron chi connectivity index (χ4n) is 2.55. The van der Waals surface area contributed by atoms with Gasteiger partial charge in [0.1, 0.15) is 18.0 Å². The number of anilines is 2. The number of pyridine rings is 1. The van der Waals surface area contributed by atoms with Gasteiger partial charge in [-0.25, -0.2) is 9.97 Å². The molecule has 0 radical (unpaired) electrons. The first-order chi connectivity index (χ1) is 14.2. The number of amides is 1. The molecule has 0 saturated carbocycles. The van der Waals surface area contributed by atoms with E-state index in [1.807, 2.05) is 0 Å². The van der Waals surface area contributed by atoms with Crippen molar-refractivity contribution in [1.82, 2.24) is 20.2 Å². The van der Waals surface area contributed by atoms with Crippen molar-refractivity contribution in [2.45, 2.75) is 19.6 Å². The Morgan fingerprint density at radius 3 is 2.50 bits per heavy atom. The van der Waals surface area contributed by atoms with Crippen molar-refractivity contribution in [3.05, 3.63) is 64.3 Å². The standard InChI is InChI=1S/C18H15ClF3N7O/c1-9(23)14-15(19)12(6-24-16(14)25-7-13-26-8-27-29-13)17(30)28-11-4-2-10(3-5-11)18(20,21)22/h2-6,8,23H,7H2,1H3,(H,24,25)(H,28,30)(H,26,27,29). The van der Waals surface area contributed by atoms with Gasteiger partial charge in [0.15, 0.2) is 0 Å². The molecule has 0 saturated heterocycles. The third-order valence-electron chi connectivity index (χ3n) is 3.99. The summed E-state index contributed by atoms with van der Waals surface area (Å²) in [5.74, 6) is 0.136. The van der Waals surface area contributed by atoms with Crippen LogP contribution < -0.4 is 10.6 Å². The van der Waals surface area contributed by atoms with Gasteiger partial charge < -0.3 is 16.0 Å². The number of nitrogens with zero attached hydrogens (tertiary/aromatic N) is 3. The van der Waals surface area contributed by atoms with Crippen LogP contribution in [-0.4, -0.2) is 31.8 Å². The minimum Gasteiger partial charge on any atom is -0.362 e. The summed E-state index contributed by atoms with van der Waals surface area (Å²) >= 11 is 6.35.